The molecule has 1 N–H and O–H groups in total. The van der Waals surface area contributed by atoms with Crippen LogP contribution < -0.4 is 0 Å². The zero-order chi connectivity index (χ0) is 12.6. The maximum atomic E-state index is 10.7. The number of hydrogen-bond acceptors (Lipinski definition) is 3. The highest BCUT2D eigenvalue weighted by atomic mass is 16.6. The average molecular weight is 254 g/mol. The fourth-order valence-electron chi connectivity index (χ4n) is 4.25. The van der Waals surface area contributed by atoms with E-state index in [1.165, 1.54) is 19.3 Å². The normalized spacial score (nSPS) is 46.7. The van der Waals surface area contributed by atoms with Gasteiger partial charge in [0.2, 0.25) is 0 Å². The van der Waals surface area contributed by atoms with E-state index in [1.807, 2.05) is 0 Å². The van der Waals surface area contributed by atoms with Crippen molar-refractivity contribution >= 4 is 0 Å². The van der Waals surface area contributed by atoms with Crippen molar-refractivity contribution < 1.29 is 14.6 Å². The Kier molecular flexibility index (Phi) is 3.65. The lowest BCUT2D eigenvalue weighted by Crippen LogP contribution is -2.45. The molecule has 104 valence electrons. The second-order valence-corrected chi connectivity index (χ2v) is 6.65. The number of aliphatic hydroxyl groups is 1. The molecular weight excluding hydrogens is 228 g/mol. The average Bonchev–Trinajstić information content (AvgIpc) is 2.98. The molecule has 3 nitrogen and oxygen atoms in total. The molecule has 0 aromatic carbocycles. The summed E-state index contributed by atoms with van der Waals surface area (Å²) < 4.78 is 11.5. The van der Waals surface area contributed by atoms with Gasteiger partial charge in [-0.25, -0.2) is 0 Å². The first-order chi connectivity index (χ1) is 8.70. The van der Waals surface area contributed by atoms with Crippen LogP contribution in [0.5, 0.6) is 0 Å². The van der Waals surface area contributed by atoms with Crippen LogP contribution in [0.1, 0.15) is 45.4 Å². The summed E-state index contributed by atoms with van der Waals surface area (Å²) in [6.07, 6.45) is 6.70. The molecule has 0 radical (unpaired) electrons. The van der Waals surface area contributed by atoms with E-state index in [2.05, 4.69) is 6.92 Å². The Balaban J connectivity index is 1.64. The van der Waals surface area contributed by atoms with Crippen LogP contribution in [0.2, 0.25) is 0 Å². The van der Waals surface area contributed by atoms with E-state index in [1.54, 1.807) is 0 Å². The van der Waals surface area contributed by atoms with Crippen molar-refractivity contribution in [1.82, 2.24) is 0 Å². The van der Waals surface area contributed by atoms with Crippen LogP contribution in [-0.2, 0) is 9.47 Å². The van der Waals surface area contributed by atoms with Crippen molar-refractivity contribution in [2.75, 3.05) is 19.8 Å². The van der Waals surface area contributed by atoms with Crippen LogP contribution in [0.3, 0.4) is 0 Å². The van der Waals surface area contributed by atoms with Gasteiger partial charge in [0.25, 0.3) is 0 Å². The molecule has 1 saturated carbocycles. The zero-order valence-corrected chi connectivity index (χ0v) is 11.4. The van der Waals surface area contributed by atoms with Crippen molar-refractivity contribution in [1.29, 1.82) is 0 Å². The molecule has 2 heterocycles. The fourth-order valence-corrected chi connectivity index (χ4v) is 4.25. The molecular formula is C15H26O3. The number of rotatable bonds is 2. The molecule has 2 aliphatic heterocycles. The zero-order valence-electron chi connectivity index (χ0n) is 11.4. The van der Waals surface area contributed by atoms with Gasteiger partial charge in [-0.05, 0) is 37.0 Å². The molecule has 3 heteroatoms. The summed E-state index contributed by atoms with van der Waals surface area (Å²) in [5.41, 5.74) is -0.0638. The largest absolute Gasteiger partial charge is 0.393 e. The molecule has 0 aromatic heterocycles. The van der Waals surface area contributed by atoms with Crippen molar-refractivity contribution in [2.45, 2.75) is 57.2 Å². The molecule has 0 aromatic rings. The van der Waals surface area contributed by atoms with Crippen molar-refractivity contribution in [2.24, 2.45) is 17.8 Å². The number of ether oxygens (including phenoxy) is 2. The topological polar surface area (TPSA) is 38.7 Å². The molecule has 3 rings (SSSR count). The minimum absolute atomic E-state index is 0.0638. The van der Waals surface area contributed by atoms with Gasteiger partial charge in [-0.2, -0.15) is 0 Å². The highest BCUT2D eigenvalue weighted by Gasteiger charge is 2.45. The Morgan fingerprint density at radius 2 is 2.11 bits per heavy atom. The molecule has 5 atom stereocenters. The standard InChI is InChI=1S/C15H26O3/c1-11-3-2-4-13(11)14(16)12-5-7-18-15(9-12)6-8-17-10-15/h11-14,16H,2-10H2,1H3. The molecule has 1 spiro atoms. The van der Waals surface area contributed by atoms with Gasteiger partial charge in [0.15, 0.2) is 0 Å². The van der Waals surface area contributed by atoms with Crippen LogP contribution in [0.25, 0.3) is 0 Å². The van der Waals surface area contributed by atoms with Crippen molar-refractivity contribution in [3.8, 4) is 0 Å². The van der Waals surface area contributed by atoms with Gasteiger partial charge in [0.1, 0.15) is 0 Å². The summed E-state index contributed by atoms with van der Waals surface area (Å²) in [5.74, 6) is 1.64. The van der Waals surface area contributed by atoms with E-state index in [0.29, 0.717) is 17.8 Å². The van der Waals surface area contributed by atoms with E-state index >= 15 is 0 Å². The summed E-state index contributed by atoms with van der Waals surface area (Å²) >= 11 is 0. The quantitative estimate of drug-likeness (QED) is 0.822. The van der Waals surface area contributed by atoms with Gasteiger partial charge in [-0.3, -0.25) is 0 Å². The van der Waals surface area contributed by atoms with Crippen LogP contribution in [0, 0.1) is 17.8 Å². The van der Waals surface area contributed by atoms with E-state index in [-0.39, 0.29) is 11.7 Å². The van der Waals surface area contributed by atoms with Crippen LogP contribution in [-0.4, -0.2) is 36.6 Å². The van der Waals surface area contributed by atoms with Crippen LogP contribution >= 0.6 is 0 Å². The number of hydrogen-bond donors (Lipinski definition) is 1. The van der Waals surface area contributed by atoms with E-state index in [4.69, 9.17) is 9.47 Å². The molecule has 18 heavy (non-hydrogen) atoms. The third-order valence-corrected chi connectivity index (χ3v) is 5.45. The Bertz CT molecular complexity index is 285. The Morgan fingerprint density at radius 3 is 2.78 bits per heavy atom. The predicted octanol–water partition coefficient (Wildman–Crippen LogP) is 2.37. The first-order valence-corrected chi connectivity index (χ1v) is 7.60. The minimum Gasteiger partial charge on any atom is -0.393 e. The second kappa shape index (κ2) is 5.10. The SMILES string of the molecule is CC1CCCC1C(O)C1CCOC2(CCOC2)C1. The van der Waals surface area contributed by atoms with Crippen molar-refractivity contribution in [3.05, 3.63) is 0 Å². The highest BCUT2D eigenvalue weighted by molar-refractivity contribution is 4.94. The lowest BCUT2D eigenvalue weighted by Gasteiger charge is -2.41. The van der Waals surface area contributed by atoms with E-state index < -0.39 is 0 Å². The molecule has 1 aliphatic carbocycles. The Morgan fingerprint density at radius 1 is 1.22 bits per heavy atom. The molecule has 0 amide bonds. The summed E-state index contributed by atoms with van der Waals surface area (Å²) in [6, 6.07) is 0. The van der Waals surface area contributed by atoms with Gasteiger partial charge in [0, 0.05) is 19.6 Å². The predicted molar refractivity (Wildman–Crippen MR) is 69.4 cm³/mol. The maximum absolute atomic E-state index is 10.7. The molecule has 0 bridgehead atoms. The summed E-state index contributed by atoms with van der Waals surface area (Å²) in [4.78, 5) is 0. The van der Waals surface area contributed by atoms with Gasteiger partial charge in [-0.1, -0.05) is 19.8 Å². The smallest absolute Gasteiger partial charge is 0.0940 e. The van der Waals surface area contributed by atoms with Gasteiger partial charge in [0.05, 0.1) is 18.3 Å². The van der Waals surface area contributed by atoms with E-state index in [0.717, 1.165) is 39.1 Å². The molecule has 5 unspecified atom stereocenters. The fraction of sp³-hybridized carbons (Fsp3) is 1.00. The first kappa shape index (κ1) is 12.9. The van der Waals surface area contributed by atoms with Crippen LogP contribution in [0.15, 0.2) is 0 Å². The lowest BCUT2D eigenvalue weighted by atomic mass is 9.76. The third kappa shape index (κ3) is 2.33. The monoisotopic (exact) mass is 254 g/mol. The Labute approximate surface area is 110 Å². The second-order valence-electron chi connectivity index (χ2n) is 6.65. The number of aliphatic hydroxyl groups excluding tert-OH is 1. The summed E-state index contributed by atoms with van der Waals surface area (Å²) in [6.45, 7) is 4.65. The van der Waals surface area contributed by atoms with Gasteiger partial charge < -0.3 is 14.6 Å². The van der Waals surface area contributed by atoms with Crippen LogP contribution in [0.4, 0.5) is 0 Å². The first-order valence-electron chi connectivity index (χ1n) is 7.60. The third-order valence-electron chi connectivity index (χ3n) is 5.45. The molecule has 3 aliphatic rings. The minimum atomic E-state index is -0.121. The Hall–Kier alpha value is -0.120. The van der Waals surface area contributed by atoms with E-state index in [9.17, 15) is 5.11 Å². The van der Waals surface area contributed by atoms with Gasteiger partial charge in [-0.15, -0.1) is 0 Å². The highest BCUT2D eigenvalue weighted by Crippen LogP contribution is 2.42. The summed E-state index contributed by atoms with van der Waals surface area (Å²) in [7, 11) is 0. The lowest BCUT2D eigenvalue weighted by molar-refractivity contribution is -0.124. The van der Waals surface area contributed by atoms with Gasteiger partial charge >= 0.3 is 0 Å². The summed E-state index contributed by atoms with van der Waals surface area (Å²) in [5, 5.41) is 10.7. The van der Waals surface area contributed by atoms with Crippen molar-refractivity contribution in [3.63, 3.8) is 0 Å². The molecule has 3 fully saturated rings. The molecule has 2 saturated heterocycles. The maximum Gasteiger partial charge on any atom is 0.0940 e.